The van der Waals surface area contributed by atoms with E-state index in [9.17, 15) is 4.79 Å². The second kappa shape index (κ2) is 8.43. The molecule has 1 aromatic carbocycles. The first-order valence-corrected chi connectivity index (χ1v) is 8.35. The summed E-state index contributed by atoms with van der Waals surface area (Å²) in [5.41, 5.74) is 1.27. The number of carbonyl (C=O) groups is 1. The van der Waals surface area contributed by atoms with E-state index in [2.05, 4.69) is 20.8 Å². The maximum absolute atomic E-state index is 12.1. The van der Waals surface area contributed by atoms with Crippen LogP contribution in [0.1, 0.15) is 28.9 Å². The predicted molar refractivity (Wildman–Crippen MR) is 93.7 cm³/mol. The van der Waals surface area contributed by atoms with Gasteiger partial charge in [-0.3, -0.25) is 4.79 Å². The molecule has 1 atom stereocenters. The van der Waals surface area contributed by atoms with Crippen molar-refractivity contribution in [3.63, 3.8) is 0 Å². The summed E-state index contributed by atoms with van der Waals surface area (Å²) in [6.07, 6.45) is 2.40. The van der Waals surface area contributed by atoms with Gasteiger partial charge in [0, 0.05) is 19.7 Å². The minimum absolute atomic E-state index is 0.231. The molecule has 0 spiro atoms. The number of nitrogens with zero attached hydrogens (tertiary/aromatic N) is 2. The number of methoxy groups -OCH3 is 1. The van der Waals surface area contributed by atoms with Gasteiger partial charge in [0.1, 0.15) is 11.6 Å². The average Bonchev–Trinajstić information content (AvgIpc) is 3.19. The maximum Gasteiger partial charge on any atom is 0.272 e. The van der Waals surface area contributed by atoms with E-state index < -0.39 is 0 Å². The second-order valence-electron chi connectivity index (χ2n) is 5.85. The van der Waals surface area contributed by atoms with Crippen LogP contribution in [0.4, 0.5) is 5.82 Å². The van der Waals surface area contributed by atoms with Crippen LogP contribution in [0.15, 0.2) is 36.4 Å². The minimum atomic E-state index is -0.256. The van der Waals surface area contributed by atoms with Gasteiger partial charge in [-0.25, -0.2) is 0 Å². The molecule has 1 unspecified atom stereocenters. The monoisotopic (exact) mass is 342 g/mol. The zero-order valence-corrected chi connectivity index (χ0v) is 14.2. The molecule has 7 nitrogen and oxygen atoms in total. The third kappa shape index (κ3) is 4.90. The Hall–Kier alpha value is -2.67. The van der Waals surface area contributed by atoms with E-state index in [-0.39, 0.29) is 17.7 Å². The van der Waals surface area contributed by atoms with E-state index >= 15 is 0 Å². The molecule has 25 heavy (non-hydrogen) atoms. The van der Waals surface area contributed by atoms with E-state index in [0.717, 1.165) is 30.8 Å². The Morgan fingerprint density at radius 1 is 1.24 bits per heavy atom. The molecule has 0 saturated carbocycles. The summed E-state index contributed by atoms with van der Waals surface area (Å²) in [6, 6.07) is 10.9. The highest BCUT2D eigenvalue weighted by Gasteiger charge is 2.15. The lowest BCUT2D eigenvalue weighted by Crippen LogP contribution is -2.24. The van der Waals surface area contributed by atoms with Crippen molar-refractivity contribution in [3.8, 4) is 5.75 Å². The van der Waals surface area contributed by atoms with Crippen molar-refractivity contribution in [1.29, 1.82) is 0 Å². The van der Waals surface area contributed by atoms with E-state index in [1.54, 1.807) is 19.2 Å². The second-order valence-corrected chi connectivity index (χ2v) is 5.85. The van der Waals surface area contributed by atoms with Crippen LogP contribution in [-0.2, 0) is 11.3 Å². The van der Waals surface area contributed by atoms with Crippen molar-refractivity contribution < 1.29 is 14.3 Å². The van der Waals surface area contributed by atoms with Crippen molar-refractivity contribution in [2.75, 3.05) is 25.6 Å². The highest BCUT2D eigenvalue weighted by molar-refractivity contribution is 5.92. The molecule has 3 rings (SSSR count). The zero-order chi connectivity index (χ0) is 17.5. The molecule has 2 heterocycles. The number of anilines is 1. The Morgan fingerprint density at radius 3 is 2.72 bits per heavy atom. The van der Waals surface area contributed by atoms with Crippen molar-refractivity contribution in [3.05, 3.63) is 47.7 Å². The highest BCUT2D eigenvalue weighted by atomic mass is 16.5. The first-order chi connectivity index (χ1) is 12.2. The van der Waals surface area contributed by atoms with Crippen molar-refractivity contribution >= 4 is 11.7 Å². The fraction of sp³-hybridized carbons (Fsp3) is 0.389. The quantitative estimate of drug-likeness (QED) is 0.801. The molecule has 2 N–H and O–H groups in total. The summed E-state index contributed by atoms with van der Waals surface area (Å²) in [4.78, 5) is 12.1. The topological polar surface area (TPSA) is 85.4 Å². The van der Waals surface area contributed by atoms with Gasteiger partial charge in [0.25, 0.3) is 5.91 Å². The highest BCUT2D eigenvalue weighted by Crippen LogP contribution is 2.13. The predicted octanol–water partition coefficient (Wildman–Crippen LogP) is 2.01. The van der Waals surface area contributed by atoms with Crippen LogP contribution in [0.2, 0.25) is 0 Å². The molecule has 0 radical (unpaired) electrons. The number of benzene rings is 1. The van der Waals surface area contributed by atoms with Gasteiger partial charge in [-0.2, -0.15) is 0 Å². The molecular weight excluding hydrogens is 320 g/mol. The standard InChI is InChI=1S/C18H22N4O3/c1-24-14-6-4-13(5-7-14)11-20-18(23)16-8-9-17(22-21-16)19-12-15-3-2-10-25-15/h4-9,15H,2-3,10-12H2,1H3,(H,19,22)(H,20,23). The van der Waals surface area contributed by atoms with E-state index in [0.29, 0.717) is 18.9 Å². The van der Waals surface area contributed by atoms with Crippen molar-refractivity contribution in [1.82, 2.24) is 15.5 Å². The van der Waals surface area contributed by atoms with Crippen LogP contribution in [0.3, 0.4) is 0 Å². The zero-order valence-electron chi connectivity index (χ0n) is 14.2. The lowest BCUT2D eigenvalue weighted by molar-refractivity contribution is 0.0945. The Bertz CT molecular complexity index is 682. The van der Waals surface area contributed by atoms with E-state index in [4.69, 9.17) is 9.47 Å². The maximum atomic E-state index is 12.1. The van der Waals surface area contributed by atoms with Gasteiger partial charge in [0.2, 0.25) is 0 Å². The van der Waals surface area contributed by atoms with Gasteiger partial charge in [-0.15, -0.1) is 10.2 Å². The fourth-order valence-corrected chi connectivity index (χ4v) is 2.59. The van der Waals surface area contributed by atoms with Crippen LogP contribution < -0.4 is 15.4 Å². The average molecular weight is 342 g/mol. The number of hydrogen-bond acceptors (Lipinski definition) is 6. The van der Waals surface area contributed by atoms with Gasteiger partial charge < -0.3 is 20.1 Å². The molecule has 2 aromatic rings. The molecular formula is C18H22N4O3. The molecule has 1 saturated heterocycles. The Morgan fingerprint density at radius 2 is 2.08 bits per heavy atom. The molecule has 1 fully saturated rings. The molecule has 1 amide bonds. The van der Waals surface area contributed by atoms with E-state index in [1.165, 1.54) is 0 Å². The number of rotatable bonds is 7. The number of hydrogen-bond donors (Lipinski definition) is 2. The fourth-order valence-electron chi connectivity index (χ4n) is 2.59. The first-order valence-electron chi connectivity index (χ1n) is 8.35. The smallest absolute Gasteiger partial charge is 0.272 e. The molecule has 1 aliphatic heterocycles. The van der Waals surface area contributed by atoms with Gasteiger partial charge in [0.15, 0.2) is 5.69 Å². The normalized spacial score (nSPS) is 16.4. The summed E-state index contributed by atoms with van der Waals surface area (Å²) in [6.45, 7) is 1.95. The summed E-state index contributed by atoms with van der Waals surface area (Å²) < 4.78 is 10.7. The van der Waals surface area contributed by atoms with Crippen LogP contribution in [0.25, 0.3) is 0 Å². The van der Waals surface area contributed by atoms with Crippen LogP contribution >= 0.6 is 0 Å². The summed E-state index contributed by atoms with van der Waals surface area (Å²) in [5.74, 6) is 1.17. The molecule has 7 heteroatoms. The number of amides is 1. The molecule has 0 bridgehead atoms. The lowest BCUT2D eigenvalue weighted by Gasteiger charge is -2.11. The number of nitrogens with one attached hydrogen (secondary N) is 2. The van der Waals surface area contributed by atoms with Crippen molar-refractivity contribution in [2.24, 2.45) is 0 Å². The van der Waals surface area contributed by atoms with Gasteiger partial charge in [-0.1, -0.05) is 12.1 Å². The van der Waals surface area contributed by atoms with E-state index in [1.807, 2.05) is 24.3 Å². The first kappa shape index (κ1) is 17.2. The van der Waals surface area contributed by atoms with Gasteiger partial charge in [-0.05, 0) is 42.7 Å². The van der Waals surface area contributed by atoms with Gasteiger partial charge in [0.05, 0.1) is 13.2 Å². The van der Waals surface area contributed by atoms with Crippen molar-refractivity contribution in [2.45, 2.75) is 25.5 Å². The summed E-state index contributed by atoms with van der Waals surface area (Å²) >= 11 is 0. The SMILES string of the molecule is COc1ccc(CNC(=O)c2ccc(NCC3CCCO3)nn2)cc1. The molecule has 132 valence electrons. The van der Waals surface area contributed by atoms with Crippen LogP contribution in [0.5, 0.6) is 5.75 Å². The Kier molecular flexibility index (Phi) is 5.79. The molecule has 0 aliphatic carbocycles. The Balaban J connectivity index is 1.47. The largest absolute Gasteiger partial charge is 0.497 e. The molecule has 1 aromatic heterocycles. The number of carbonyl (C=O) groups excluding carboxylic acids is 1. The lowest BCUT2D eigenvalue weighted by atomic mass is 10.2. The van der Waals surface area contributed by atoms with Crippen LogP contribution in [-0.4, -0.2) is 42.5 Å². The number of ether oxygens (including phenoxy) is 2. The minimum Gasteiger partial charge on any atom is -0.497 e. The third-order valence-corrected chi connectivity index (χ3v) is 4.04. The Labute approximate surface area is 146 Å². The van der Waals surface area contributed by atoms with Gasteiger partial charge >= 0.3 is 0 Å². The summed E-state index contributed by atoms with van der Waals surface area (Å²) in [5, 5.41) is 14.0. The molecule has 1 aliphatic rings. The third-order valence-electron chi connectivity index (χ3n) is 4.04. The van der Waals surface area contributed by atoms with Crippen LogP contribution in [0, 0.1) is 0 Å². The summed E-state index contributed by atoms with van der Waals surface area (Å²) in [7, 11) is 1.62. The number of aromatic nitrogens is 2.